The van der Waals surface area contributed by atoms with Crippen molar-refractivity contribution >= 4 is 0 Å². The van der Waals surface area contributed by atoms with Crippen LogP contribution in [-0.4, -0.2) is 30.9 Å². The van der Waals surface area contributed by atoms with E-state index in [0.29, 0.717) is 19.4 Å². The van der Waals surface area contributed by atoms with Crippen molar-refractivity contribution in [2.45, 2.75) is 18.9 Å². The number of ether oxygens (including phenoxy) is 1. The summed E-state index contributed by atoms with van der Waals surface area (Å²) in [6.07, 6.45) is 8.89. The lowest BCUT2D eigenvalue weighted by Crippen LogP contribution is -2.28. The van der Waals surface area contributed by atoms with E-state index in [4.69, 9.17) is 4.74 Å². The minimum Gasteiger partial charge on any atom is -0.490 e. The van der Waals surface area contributed by atoms with Crippen LogP contribution in [0.3, 0.4) is 0 Å². The van der Waals surface area contributed by atoms with Crippen LogP contribution >= 0.6 is 0 Å². The molecule has 0 radical (unpaired) electrons. The molecular formula is C13H17FN2O. The van der Waals surface area contributed by atoms with Gasteiger partial charge in [-0.25, -0.2) is 0 Å². The van der Waals surface area contributed by atoms with E-state index in [0.717, 1.165) is 17.9 Å². The highest BCUT2D eigenvalue weighted by Crippen LogP contribution is 2.13. The van der Waals surface area contributed by atoms with Crippen molar-refractivity contribution < 1.29 is 9.13 Å². The Hall–Kier alpha value is -1.42. The molecule has 4 heteroatoms. The second-order valence-corrected chi connectivity index (χ2v) is 4.08. The first-order valence-electron chi connectivity index (χ1n) is 5.91. The van der Waals surface area contributed by atoms with Crippen LogP contribution < -0.4 is 10.1 Å². The number of aryl methyl sites for hydroxylation is 1. The normalized spacial score (nSPS) is 18.5. The predicted molar refractivity (Wildman–Crippen MR) is 65.0 cm³/mol. The van der Waals surface area contributed by atoms with E-state index in [1.807, 2.05) is 6.07 Å². The van der Waals surface area contributed by atoms with Gasteiger partial charge in [0.1, 0.15) is 12.4 Å². The van der Waals surface area contributed by atoms with Crippen molar-refractivity contribution in [3.63, 3.8) is 0 Å². The Balaban J connectivity index is 1.84. The smallest absolute Gasteiger partial charge is 0.137 e. The summed E-state index contributed by atoms with van der Waals surface area (Å²) in [4.78, 5) is 4.10. The van der Waals surface area contributed by atoms with Crippen molar-refractivity contribution in [3.8, 4) is 5.75 Å². The van der Waals surface area contributed by atoms with Gasteiger partial charge in [0.25, 0.3) is 0 Å². The van der Waals surface area contributed by atoms with Gasteiger partial charge in [-0.2, -0.15) is 0 Å². The molecule has 1 N–H and O–H groups in total. The second-order valence-electron chi connectivity index (χ2n) is 4.08. The molecule has 17 heavy (non-hydrogen) atoms. The quantitative estimate of drug-likeness (QED) is 0.765. The number of pyridine rings is 1. The molecule has 0 amide bonds. The van der Waals surface area contributed by atoms with Crippen LogP contribution in [0.1, 0.15) is 12.0 Å². The van der Waals surface area contributed by atoms with Gasteiger partial charge in [-0.3, -0.25) is 9.37 Å². The first-order valence-corrected chi connectivity index (χ1v) is 5.91. The van der Waals surface area contributed by atoms with Crippen LogP contribution in [0.25, 0.3) is 0 Å². The molecule has 0 fully saturated rings. The summed E-state index contributed by atoms with van der Waals surface area (Å²) in [7, 11) is 0. The number of rotatable bonds is 6. The summed E-state index contributed by atoms with van der Waals surface area (Å²) in [5, 5.41) is 3.27. The Kier molecular flexibility index (Phi) is 4.50. The Bertz CT molecular complexity index is 381. The molecule has 2 rings (SSSR count). The molecule has 0 aromatic carbocycles. The Morgan fingerprint density at radius 2 is 2.41 bits per heavy atom. The maximum atomic E-state index is 12.1. The number of nitrogens with zero attached hydrogens (tertiary/aromatic N) is 1. The van der Waals surface area contributed by atoms with Gasteiger partial charge in [-0.15, -0.1) is 0 Å². The molecule has 92 valence electrons. The van der Waals surface area contributed by atoms with E-state index in [2.05, 4.69) is 22.5 Å². The van der Waals surface area contributed by atoms with Crippen LogP contribution in [0.15, 0.2) is 30.6 Å². The van der Waals surface area contributed by atoms with Crippen molar-refractivity contribution in [1.82, 2.24) is 10.3 Å². The fraction of sp³-hybridized carbons (Fsp3) is 0.462. The average Bonchev–Trinajstić information content (AvgIpc) is 2.87. The zero-order valence-electron chi connectivity index (χ0n) is 9.73. The van der Waals surface area contributed by atoms with E-state index >= 15 is 0 Å². The number of hydrogen-bond acceptors (Lipinski definition) is 3. The molecule has 1 aliphatic heterocycles. The van der Waals surface area contributed by atoms with Gasteiger partial charge in [0, 0.05) is 12.7 Å². The van der Waals surface area contributed by atoms with Crippen molar-refractivity contribution in [3.05, 3.63) is 36.2 Å². The molecule has 1 aromatic rings. The predicted octanol–water partition coefficient (Wildman–Crippen LogP) is 1.89. The summed E-state index contributed by atoms with van der Waals surface area (Å²) < 4.78 is 17.7. The molecule has 0 saturated heterocycles. The maximum Gasteiger partial charge on any atom is 0.137 e. The Morgan fingerprint density at radius 1 is 1.47 bits per heavy atom. The fourth-order valence-corrected chi connectivity index (χ4v) is 1.77. The van der Waals surface area contributed by atoms with Crippen molar-refractivity contribution in [2.24, 2.45) is 0 Å². The Morgan fingerprint density at radius 3 is 3.18 bits per heavy atom. The molecule has 2 heterocycles. The molecule has 1 atom stereocenters. The summed E-state index contributed by atoms with van der Waals surface area (Å²) in [6.45, 7) is 1.22. The minimum atomic E-state index is -0.290. The van der Waals surface area contributed by atoms with Crippen LogP contribution in [-0.2, 0) is 6.42 Å². The third-order valence-corrected chi connectivity index (χ3v) is 2.66. The number of aromatic nitrogens is 1. The molecule has 0 saturated carbocycles. The van der Waals surface area contributed by atoms with Gasteiger partial charge >= 0.3 is 0 Å². The van der Waals surface area contributed by atoms with Crippen LogP contribution in [0.5, 0.6) is 5.75 Å². The number of halogens is 1. The lowest BCUT2D eigenvalue weighted by Gasteiger charge is -2.11. The Labute approximate surface area is 101 Å². The highest BCUT2D eigenvalue weighted by atomic mass is 18.2. The largest absolute Gasteiger partial charge is 0.490 e. The molecule has 1 unspecified atom stereocenters. The molecule has 1 aliphatic rings. The number of alkyl halides is 1. The molecular weight excluding hydrogens is 218 g/mol. The third-order valence-electron chi connectivity index (χ3n) is 2.66. The van der Waals surface area contributed by atoms with E-state index < -0.39 is 0 Å². The van der Waals surface area contributed by atoms with Crippen molar-refractivity contribution in [1.29, 1.82) is 0 Å². The van der Waals surface area contributed by atoms with E-state index in [9.17, 15) is 4.39 Å². The van der Waals surface area contributed by atoms with Gasteiger partial charge in [0.05, 0.1) is 18.9 Å². The standard InChI is InChI=1S/C13H17FN2O/c14-5-1-3-11-7-13(9-15-8-11)17-10-12-4-2-6-16-12/h2,4,7-9,12,16H,1,3,5-6,10H2/i14-1. The topological polar surface area (TPSA) is 34.1 Å². The van der Waals surface area contributed by atoms with E-state index in [1.54, 1.807) is 12.4 Å². The highest BCUT2D eigenvalue weighted by molar-refractivity contribution is 5.24. The van der Waals surface area contributed by atoms with E-state index in [1.165, 1.54) is 0 Å². The SMILES string of the molecule is [18F]CCCc1cncc(OCC2C=CCN2)c1. The number of nitrogens with one attached hydrogen (secondary N) is 1. The van der Waals surface area contributed by atoms with Gasteiger partial charge < -0.3 is 10.1 Å². The minimum absolute atomic E-state index is 0.282. The zero-order valence-corrected chi connectivity index (χ0v) is 9.73. The monoisotopic (exact) mass is 235 g/mol. The second kappa shape index (κ2) is 6.35. The molecule has 3 nitrogen and oxygen atoms in total. The zero-order chi connectivity index (χ0) is 11.9. The number of hydrogen-bond donors (Lipinski definition) is 1. The summed E-state index contributed by atoms with van der Waals surface area (Å²) >= 11 is 0. The fourth-order valence-electron chi connectivity index (χ4n) is 1.77. The molecule has 1 aromatic heterocycles. The van der Waals surface area contributed by atoms with Crippen LogP contribution in [0, 0.1) is 0 Å². The average molecular weight is 235 g/mol. The summed E-state index contributed by atoms with van der Waals surface area (Å²) in [6, 6.07) is 2.21. The van der Waals surface area contributed by atoms with Gasteiger partial charge in [0.2, 0.25) is 0 Å². The molecule has 0 spiro atoms. The third kappa shape index (κ3) is 3.82. The highest BCUT2D eigenvalue weighted by Gasteiger charge is 2.08. The van der Waals surface area contributed by atoms with Crippen molar-refractivity contribution in [2.75, 3.05) is 19.8 Å². The van der Waals surface area contributed by atoms with E-state index in [-0.39, 0.29) is 12.7 Å². The first-order chi connectivity index (χ1) is 8.38. The molecule has 0 bridgehead atoms. The molecule has 0 aliphatic carbocycles. The summed E-state index contributed by atoms with van der Waals surface area (Å²) in [5.74, 6) is 0.753. The lowest BCUT2D eigenvalue weighted by molar-refractivity contribution is 0.292. The van der Waals surface area contributed by atoms with Gasteiger partial charge in [-0.05, 0) is 24.5 Å². The van der Waals surface area contributed by atoms with Gasteiger partial charge in [-0.1, -0.05) is 12.2 Å². The van der Waals surface area contributed by atoms with Crippen LogP contribution in [0.2, 0.25) is 0 Å². The van der Waals surface area contributed by atoms with Crippen LogP contribution in [0.4, 0.5) is 4.39 Å². The maximum absolute atomic E-state index is 12.1. The summed E-state index contributed by atoms with van der Waals surface area (Å²) in [5.41, 5.74) is 1.02. The van der Waals surface area contributed by atoms with Gasteiger partial charge in [0.15, 0.2) is 0 Å². The first kappa shape index (κ1) is 12.0. The lowest BCUT2D eigenvalue weighted by atomic mass is 10.2.